The van der Waals surface area contributed by atoms with Gasteiger partial charge in [-0.05, 0) is 163 Å². The normalized spacial score (nSPS) is 13.5. The van der Waals surface area contributed by atoms with Gasteiger partial charge in [0, 0.05) is 33.2 Å². The van der Waals surface area contributed by atoms with Crippen molar-refractivity contribution < 1.29 is 4.42 Å². The number of fused-ring (bicyclic) bond motifs is 6. The maximum atomic E-state index is 6.50. The van der Waals surface area contributed by atoms with Crippen LogP contribution in [0.15, 0.2) is 283 Å². The monoisotopic (exact) mass is 943 g/mol. The van der Waals surface area contributed by atoms with Gasteiger partial charge in [0.15, 0.2) is 0 Å². The molecule has 2 aromatic heterocycles. The highest BCUT2D eigenvalue weighted by Crippen LogP contribution is 2.41. The van der Waals surface area contributed by atoms with E-state index in [0.29, 0.717) is 0 Å². The number of para-hydroxylation sites is 1. The lowest BCUT2D eigenvalue weighted by molar-refractivity contribution is 0.669. The molecule has 0 aliphatic heterocycles. The molecule has 0 saturated carbocycles. The number of hydrogen-bond donors (Lipinski definition) is 0. The summed E-state index contributed by atoms with van der Waals surface area (Å²) in [6.45, 7) is 0. The Bertz CT molecular complexity index is 4340. The molecule has 0 N–H and O–H groups in total. The van der Waals surface area contributed by atoms with Crippen LogP contribution in [-0.4, -0.2) is 4.57 Å². The standard InChI is InChI=1S/C72H49NO/c1-3-15-48(16-4-1)50-19-9-20-51(39-50)52-21-10-22-53(40-52)54-23-11-24-55(41-54)56-25-12-26-57(42-56)58-27-13-28-59(43-58)60-29-14-30-61(44-60)63-34-37-71-67(46-63)68-47-64(35-38-72(68)74-71)73-69-32-8-7-31-65(69)66-45-62(33-36-70(66)73)49-17-5-2-6-18-49/h1-42,44-47,58H,43H2. The molecule has 13 aromatic rings. The molecule has 14 rings (SSSR count). The minimum atomic E-state index is 0.258. The summed E-state index contributed by atoms with van der Waals surface area (Å²) in [7, 11) is 0. The van der Waals surface area contributed by atoms with Crippen LogP contribution in [0.25, 0.3) is 122 Å². The molecule has 74 heavy (non-hydrogen) atoms. The molecule has 0 spiro atoms. The molecule has 2 heteroatoms. The Morgan fingerprint density at radius 2 is 0.757 bits per heavy atom. The van der Waals surface area contributed by atoms with E-state index in [9.17, 15) is 0 Å². The highest BCUT2D eigenvalue weighted by Gasteiger charge is 2.19. The van der Waals surface area contributed by atoms with Crippen LogP contribution in [0.4, 0.5) is 0 Å². The van der Waals surface area contributed by atoms with Crippen molar-refractivity contribution in [3.63, 3.8) is 0 Å². The third-order valence-corrected chi connectivity index (χ3v) is 15.1. The lowest BCUT2D eigenvalue weighted by Gasteiger charge is -2.20. The summed E-state index contributed by atoms with van der Waals surface area (Å²) in [6.07, 6.45) is 7.81. The Balaban J connectivity index is 0.727. The molecule has 1 unspecified atom stereocenters. The largest absolute Gasteiger partial charge is 0.456 e. The van der Waals surface area contributed by atoms with E-state index in [4.69, 9.17) is 4.42 Å². The molecule has 1 aliphatic rings. The average molecular weight is 944 g/mol. The Morgan fingerprint density at radius 1 is 0.311 bits per heavy atom. The van der Waals surface area contributed by atoms with Gasteiger partial charge >= 0.3 is 0 Å². The summed E-state index contributed by atoms with van der Waals surface area (Å²) in [5, 5.41) is 4.70. The van der Waals surface area contributed by atoms with Crippen molar-refractivity contribution in [2.45, 2.75) is 12.3 Å². The number of benzene rings is 11. The zero-order chi connectivity index (χ0) is 49.0. The van der Waals surface area contributed by atoms with Gasteiger partial charge in [-0.2, -0.15) is 0 Å². The van der Waals surface area contributed by atoms with Crippen molar-refractivity contribution in [1.82, 2.24) is 4.57 Å². The van der Waals surface area contributed by atoms with E-state index in [1.807, 2.05) is 0 Å². The maximum Gasteiger partial charge on any atom is 0.135 e. The van der Waals surface area contributed by atoms with Crippen molar-refractivity contribution in [1.29, 1.82) is 0 Å². The van der Waals surface area contributed by atoms with Crippen LogP contribution in [0.5, 0.6) is 0 Å². The van der Waals surface area contributed by atoms with Gasteiger partial charge in [-0.3, -0.25) is 0 Å². The van der Waals surface area contributed by atoms with Crippen LogP contribution in [0.1, 0.15) is 23.5 Å². The second kappa shape index (κ2) is 18.3. The van der Waals surface area contributed by atoms with Crippen LogP contribution in [-0.2, 0) is 0 Å². The van der Waals surface area contributed by atoms with Crippen LogP contribution in [0.2, 0.25) is 0 Å². The first-order valence-electron chi connectivity index (χ1n) is 25.6. The summed E-state index contributed by atoms with van der Waals surface area (Å²) in [4.78, 5) is 0. The molecule has 2 heterocycles. The zero-order valence-corrected chi connectivity index (χ0v) is 40.7. The number of rotatable bonds is 9. The molecular formula is C72H49NO. The Morgan fingerprint density at radius 3 is 1.41 bits per heavy atom. The van der Waals surface area contributed by atoms with Crippen molar-refractivity contribution in [2.75, 3.05) is 0 Å². The van der Waals surface area contributed by atoms with E-state index in [1.54, 1.807) is 0 Å². The summed E-state index contributed by atoms with van der Waals surface area (Å²) in [6, 6.07) is 95.0. The second-order valence-electron chi connectivity index (χ2n) is 19.6. The van der Waals surface area contributed by atoms with Gasteiger partial charge in [0.1, 0.15) is 11.2 Å². The SMILES string of the molecule is C1=CC(c2cccc(-c3cccc(-c4cccc(-c5cccc(-c6ccccc6)c5)c4)c3)c2)CC(c2cccc(-c3ccc4oc5ccc(-n6c7ccccc7c7cc(-c8ccccc8)ccc76)cc5c4c3)c2)=C1. The van der Waals surface area contributed by atoms with E-state index in [0.717, 1.165) is 34.0 Å². The minimum absolute atomic E-state index is 0.258. The number of hydrogen-bond acceptors (Lipinski definition) is 1. The Labute approximate surface area is 431 Å². The molecule has 0 radical (unpaired) electrons. The molecule has 0 bridgehead atoms. The second-order valence-corrected chi connectivity index (χ2v) is 19.6. The van der Waals surface area contributed by atoms with E-state index < -0.39 is 0 Å². The molecule has 2 nitrogen and oxygen atoms in total. The van der Waals surface area contributed by atoms with Gasteiger partial charge < -0.3 is 8.98 Å². The summed E-state index contributed by atoms with van der Waals surface area (Å²) in [5.74, 6) is 0.258. The first-order valence-corrected chi connectivity index (χ1v) is 25.6. The molecule has 1 atom stereocenters. The predicted octanol–water partition coefficient (Wildman–Crippen LogP) is 19.8. The van der Waals surface area contributed by atoms with Gasteiger partial charge in [0.05, 0.1) is 11.0 Å². The van der Waals surface area contributed by atoms with E-state index in [1.165, 1.54) is 105 Å². The van der Waals surface area contributed by atoms with E-state index >= 15 is 0 Å². The van der Waals surface area contributed by atoms with Gasteiger partial charge in [0.2, 0.25) is 0 Å². The predicted molar refractivity (Wildman–Crippen MR) is 312 cm³/mol. The molecule has 0 saturated heterocycles. The molecule has 0 amide bonds. The number of allylic oxidation sites excluding steroid dienone is 4. The topological polar surface area (TPSA) is 18.1 Å². The number of aromatic nitrogens is 1. The van der Waals surface area contributed by atoms with Crippen LogP contribution in [0, 0.1) is 0 Å². The number of furan rings is 1. The average Bonchev–Trinajstić information content (AvgIpc) is 4.03. The highest BCUT2D eigenvalue weighted by molar-refractivity contribution is 6.12. The van der Waals surface area contributed by atoms with Gasteiger partial charge in [-0.15, -0.1) is 0 Å². The molecule has 348 valence electrons. The van der Waals surface area contributed by atoms with Crippen molar-refractivity contribution >= 4 is 49.3 Å². The third-order valence-electron chi connectivity index (χ3n) is 15.1. The van der Waals surface area contributed by atoms with Gasteiger partial charge in [-0.1, -0.05) is 206 Å². The molecule has 11 aromatic carbocycles. The summed E-state index contributed by atoms with van der Waals surface area (Å²) >= 11 is 0. The first-order chi connectivity index (χ1) is 36.6. The fourth-order valence-electron chi connectivity index (χ4n) is 11.4. The summed E-state index contributed by atoms with van der Waals surface area (Å²) in [5.41, 5.74) is 23.7. The molecule has 0 fully saturated rings. The van der Waals surface area contributed by atoms with Gasteiger partial charge in [-0.25, -0.2) is 0 Å². The molecular weight excluding hydrogens is 895 g/mol. The smallest absolute Gasteiger partial charge is 0.135 e. The zero-order valence-electron chi connectivity index (χ0n) is 40.7. The van der Waals surface area contributed by atoms with Crippen molar-refractivity contribution in [2.24, 2.45) is 0 Å². The lowest BCUT2D eigenvalue weighted by Crippen LogP contribution is -2.01. The fraction of sp³-hybridized carbons (Fsp3) is 0.0278. The van der Waals surface area contributed by atoms with Crippen molar-refractivity contribution in [3.05, 3.63) is 290 Å². The van der Waals surface area contributed by atoms with Crippen LogP contribution >= 0.6 is 0 Å². The Hall–Kier alpha value is -9.50. The number of nitrogens with zero attached hydrogens (tertiary/aromatic N) is 1. The Kier molecular flexibility index (Phi) is 10.7. The highest BCUT2D eigenvalue weighted by atomic mass is 16.3. The fourth-order valence-corrected chi connectivity index (χ4v) is 11.4. The van der Waals surface area contributed by atoms with Gasteiger partial charge in [0.25, 0.3) is 0 Å². The third kappa shape index (κ3) is 7.94. The van der Waals surface area contributed by atoms with Crippen LogP contribution in [0.3, 0.4) is 0 Å². The van der Waals surface area contributed by atoms with Crippen molar-refractivity contribution in [3.8, 4) is 72.4 Å². The van der Waals surface area contributed by atoms with E-state index in [-0.39, 0.29) is 5.92 Å². The first kappa shape index (κ1) is 43.3. The summed E-state index contributed by atoms with van der Waals surface area (Å²) < 4.78 is 8.89. The maximum absolute atomic E-state index is 6.50. The van der Waals surface area contributed by atoms with E-state index in [2.05, 4.69) is 284 Å². The lowest BCUT2D eigenvalue weighted by atomic mass is 9.84. The quantitative estimate of drug-likeness (QED) is 0.141. The van der Waals surface area contributed by atoms with Crippen LogP contribution < -0.4 is 0 Å². The minimum Gasteiger partial charge on any atom is -0.456 e. The molecule has 1 aliphatic carbocycles.